The Morgan fingerprint density at radius 3 is 2.24 bits per heavy atom. The summed E-state index contributed by atoms with van der Waals surface area (Å²) in [5.41, 5.74) is 1.02. The fourth-order valence-corrected chi connectivity index (χ4v) is 3.23. The van der Waals surface area contributed by atoms with Gasteiger partial charge in [-0.3, -0.25) is 4.18 Å². The molecule has 136 valence electrons. The minimum absolute atomic E-state index is 0.213. The van der Waals surface area contributed by atoms with Crippen LogP contribution in [0.4, 0.5) is 0 Å². The summed E-state index contributed by atoms with van der Waals surface area (Å²) in [6.45, 7) is 2.79. The first kappa shape index (κ1) is 19.4. The highest BCUT2D eigenvalue weighted by atomic mass is 32.2. The Hall–Kier alpha value is -1.92. The van der Waals surface area contributed by atoms with E-state index < -0.39 is 10.1 Å². The van der Waals surface area contributed by atoms with Crippen LogP contribution in [0.2, 0.25) is 0 Å². The van der Waals surface area contributed by atoms with Crippen LogP contribution in [0, 0.1) is 6.92 Å². The van der Waals surface area contributed by atoms with Crippen molar-refractivity contribution >= 4 is 10.1 Å². The van der Waals surface area contributed by atoms with Gasteiger partial charge in [0, 0.05) is 12.3 Å². The predicted molar refractivity (Wildman–Crippen MR) is 97.1 cm³/mol. The largest absolute Gasteiger partial charge is 0.478 e. The van der Waals surface area contributed by atoms with Crippen LogP contribution in [0.1, 0.15) is 37.7 Å². The van der Waals surface area contributed by atoms with Crippen LogP contribution in [0.25, 0.3) is 0 Å². The number of pyridine rings is 1. The maximum Gasteiger partial charge on any atom is 0.296 e. The van der Waals surface area contributed by atoms with Crippen LogP contribution in [0.3, 0.4) is 0 Å². The molecule has 0 unspecified atom stereocenters. The first-order valence-corrected chi connectivity index (χ1v) is 9.99. The molecule has 1 aromatic carbocycles. The van der Waals surface area contributed by atoms with E-state index >= 15 is 0 Å². The Morgan fingerprint density at radius 2 is 1.56 bits per heavy atom. The van der Waals surface area contributed by atoms with Crippen LogP contribution in [-0.4, -0.2) is 26.6 Å². The molecule has 1 aromatic heterocycles. The molecular formula is C19H25NO4S. The standard InChI is InChI=1S/C19H25NO4S/c1-17-10-12-18(13-11-17)25(21,22)24-16-8-4-2-3-7-15-23-19-9-5-6-14-20-19/h5-6,9-14H,2-4,7-8,15-16H2,1H3. The van der Waals surface area contributed by atoms with Crippen molar-refractivity contribution < 1.29 is 17.3 Å². The second-order valence-corrected chi connectivity index (χ2v) is 7.49. The van der Waals surface area contributed by atoms with Crippen LogP contribution >= 0.6 is 0 Å². The van der Waals surface area contributed by atoms with Crippen LogP contribution in [-0.2, 0) is 14.3 Å². The number of hydrogen-bond acceptors (Lipinski definition) is 5. The van der Waals surface area contributed by atoms with Crippen molar-refractivity contribution in [1.82, 2.24) is 4.98 Å². The van der Waals surface area contributed by atoms with Gasteiger partial charge in [-0.2, -0.15) is 8.42 Å². The predicted octanol–water partition coefficient (Wildman–Crippen LogP) is 4.12. The molecular weight excluding hydrogens is 338 g/mol. The zero-order valence-corrected chi connectivity index (χ0v) is 15.4. The molecule has 5 nitrogen and oxygen atoms in total. The minimum Gasteiger partial charge on any atom is -0.478 e. The summed E-state index contributed by atoms with van der Waals surface area (Å²) in [4.78, 5) is 4.31. The number of nitrogens with zero attached hydrogens (tertiary/aromatic N) is 1. The van der Waals surface area contributed by atoms with E-state index in [1.54, 1.807) is 30.5 Å². The molecule has 0 atom stereocenters. The van der Waals surface area contributed by atoms with Gasteiger partial charge in [-0.1, -0.05) is 43.0 Å². The van der Waals surface area contributed by atoms with E-state index in [4.69, 9.17) is 8.92 Å². The van der Waals surface area contributed by atoms with E-state index in [-0.39, 0.29) is 11.5 Å². The molecule has 0 amide bonds. The minimum atomic E-state index is -3.64. The quantitative estimate of drug-likeness (QED) is 0.444. The molecule has 0 saturated heterocycles. The van der Waals surface area contributed by atoms with Crippen molar-refractivity contribution in [2.24, 2.45) is 0 Å². The highest BCUT2D eigenvalue weighted by molar-refractivity contribution is 7.86. The van der Waals surface area contributed by atoms with Gasteiger partial charge in [-0.05, 0) is 38.0 Å². The second kappa shape index (κ2) is 10.2. The van der Waals surface area contributed by atoms with Crippen LogP contribution in [0.5, 0.6) is 5.88 Å². The third-order valence-corrected chi connectivity index (χ3v) is 5.05. The number of benzene rings is 1. The van der Waals surface area contributed by atoms with Crippen molar-refractivity contribution in [1.29, 1.82) is 0 Å². The van der Waals surface area contributed by atoms with Gasteiger partial charge in [-0.15, -0.1) is 0 Å². The molecule has 25 heavy (non-hydrogen) atoms. The summed E-state index contributed by atoms with van der Waals surface area (Å²) in [6.07, 6.45) is 6.40. The van der Waals surface area contributed by atoms with Gasteiger partial charge >= 0.3 is 0 Å². The lowest BCUT2D eigenvalue weighted by molar-refractivity contribution is 0.288. The van der Waals surface area contributed by atoms with Gasteiger partial charge in [0.2, 0.25) is 5.88 Å². The molecule has 6 heteroatoms. The van der Waals surface area contributed by atoms with E-state index in [0.717, 1.165) is 37.7 Å². The van der Waals surface area contributed by atoms with E-state index in [2.05, 4.69) is 4.98 Å². The highest BCUT2D eigenvalue weighted by Crippen LogP contribution is 2.14. The van der Waals surface area contributed by atoms with E-state index in [1.165, 1.54) is 0 Å². The number of hydrogen-bond donors (Lipinski definition) is 0. The summed E-state index contributed by atoms with van der Waals surface area (Å²) < 4.78 is 34.6. The van der Waals surface area contributed by atoms with E-state index in [1.807, 2.05) is 25.1 Å². The summed E-state index contributed by atoms with van der Waals surface area (Å²) in [7, 11) is -3.64. The average molecular weight is 363 g/mol. The third kappa shape index (κ3) is 7.23. The zero-order chi connectivity index (χ0) is 18.0. The number of ether oxygens (including phenoxy) is 1. The molecule has 0 N–H and O–H groups in total. The maximum atomic E-state index is 12.0. The molecule has 0 bridgehead atoms. The molecule has 0 aliphatic heterocycles. The van der Waals surface area contributed by atoms with Crippen molar-refractivity contribution in [3.8, 4) is 5.88 Å². The fourth-order valence-electron chi connectivity index (χ4n) is 2.29. The molecule has 0 aliphatic carbocycles. The van der Waals surface area contributed by atoms with Crippen molar-refractivity contribution in [3.63, 3.8) is 0 Å². The van der Waals surface area contributed by atoms with Gasteiger partial charge in [0.1, 0.15) is 0 Å². The topological polar surface area (TPSA) is 65.5 Å². The molecule has 0 saturated carbocycles. The first-order valence-electron chi connectivity index (χ1n) is 8.58. The molecule has 2 aromatic rings. The van der Waals surface area contributed by atoms with Crippen LogP contribution in [0.15, 0.2) is 53.6 Å². The second-order valence-electron chi connectivity index (χ2n) is 5.87. The Kier molecular flexibility index (Phi) is 7.88. The van der Waals surface area contributed by atoms with Gasteiger partial charge < -0.3 is 4.74 Å². The Balaban J connectivity index is 1.52. The summed E-state index contributed by atoms with van der Waals surface area (Å²) in [5.74, 6) is 0.650. The monoisotopic (exact) mass is 363 g/mol. The summed E-state index contributed by atoms with van der Waals surface area (Å²) in [5, 5.41) is 0. The third-order valence-electron chi connectivity index (χ3n) is 3.72. The maximum absolute atomic E-state index is 12.0. The highest BCUT2D eigenvalue weighted by Gasteiger charge is 2.14. The van der Waals surface area contributed by atoms with E-state index in [9.17, 15) is 8.42 Å². The van der Waals surface area contributed by atoms with Crippen molar-refractivity contribution in [2.75, 3.05) is 13.2 Å². The molecule has 0 aliphatic rings. The smallest absolute Gasteiger partial charge is 0.296 e. The fraction of sp³-hybridized carbons (Fsp3) is 0.421. The molecule has 0 fully saturated rings. The summed E-state index contributed by atoms with van der Waals surface area (Å²) in [6, 6.07) is 12.3. The molecule has 1 heterocycles. The first-order chi connectivity index (χ1) is 12.1. The average Bonchev–Trinajstić information content (AvgIpc) is 2.61. The normalized spacial score (nSPS) is 11.4. The Bertz CT molecular complexity index is 715. The lowest BCUT2D eigenvalue weighted by Crippen LogP contribution is -2.07. The number of rotatable bonds is 11. The summed E-state index contributed by atoms with van der Waals surface area (Å²) >= 11 is 0. The van der Waals surface area contributed by atoms with Crippen molar-refractivity contribution in [2.45, 2.75) is 43.9 Å². The lowest BCUT2D eigenvalue weighted by atomic mass is 10.1. The van der Waals surface area contributed by atoms with Crippen LogP contribution < -0.4 is 4.74 Å². The van der Waals surface area contributed by atoms with Gasteiger partial charge in [0.25, 0.3) is 10.1 Å². The number of aromatic nitrogens is 1. The van der Waals surface area contributed by atoms with Gasteiger partial charge in [0.05, 0.1) is 18.1 Å². The van der Waals surface area contributed by atoms with E-state index in [0.29, 0.717) is 12.5 Å². The zero-order valence-electron chi connectivity index (χ0n) is 14.6. The SMILES string of the molecule is Cc1ccc(S(=O)(=O)OCCCCCCCOc2ccccn2)cc1. The lowest BCUT2D eigenvalue weighted by Gasteiger charge is -2.06. The van der Waals surface area contributed by atoms with Gasteiger partial charge in [0.15, 0.2) is 0 Å². The number of unbranched alkanes of at least 4 members (excludes halogenated alkanes) is 4. The Labute approximate surface area is 150 Å². The number of aryl methyl sites for hydroxylation is 1. The Morgan fingerprint density at radius 1 is 0.880 bits per heavy atom. The molecule has 0 radical (unpaired) electrons. The molecule has 2 rings (SSSR count). The van der Waals surface area contributed by atoms with Crippen molar-refractivity contribution in [3.05, 3.63) is 54.2 Å². The van der Waals surface area contributed by atoms with Gasteiger partial charge in [-0.25, -0.2) is 4.98 Å². The molecule has 0 spiro atoms.